The van der Waals surface area contributed by atoms with Gasteiger partial charge in [0.25, 0.3) is 0 Å². The molecule has 106 valence electrons. The molecule has 0 bridgehead atoms. The average molecular weight is 272 g/mol. The molecule has 1 unspecified atom stereocenters. The Morgan fingerprint density at radius 2 is 2.25 bits per heavy atom. The van der Waals surface area contributed by atoms with Gasteiger partial charge in [-0.2, -0.15) is 0 Å². The minimum absolute atomic E-state index is 0.488. The van der Waals surface area contributed by atoms with Crippen LogP contribution >= 0.6 is 0 Å². The Morgan fingerprint density at radius 3 is 3.00 bits per heavy atom. The molecule has 0 radical (unpaired) electrons. The average Bonchev–Trinajstić information content (AvgIpc) is 2.89. The Kier molecular flexibility index (Phi) is 3.74. The molecule has 1 aromatic carbocycles. The first-order valence-electron chi connectivity index (χ1n) is 7.04. The van der Waals surface area contributed by atoms with Crippen LogP contribution in [0.15, 0.2) is 30.5 Å². The number of hydrogen-bond acceptors (Lipinski definition) is 4. The molecule has 20 heavy (non-hydrogen) atoms. The van der Waals surface area contributed by atoms with Crippen molar-refractivity contribution in [2.45, 2.75) is 18.9 Å². The van der Waals surface area contributed by atoms with Crippen molar-refractivity contribution in [1.82, 2.24) is 9.88 Å². The summed E-state index contributed by atoms with van der Waals surface area (Å²) in [5.41, 5.74) is 0. The van der Waals surface area contributed by atoms with Crippen molar-refractivity contribution in [3.8, 4) is 11.6 Å². The molecule has 1 fully saturated rings. The van der Waals surface area contributed by atoms with E-state index >= 15 is 0 Å². The molecule has 0 spiro atoms. The van der Waals surface area contributed by atoms with Crippen molar-refractivity contribution in [2.75, 3.05) is 27.3 Å². The lowest BCUT2D eigenvalue weighted by atomic mass is 10.1. The monoisotopic (exact) mass is 272 g/mol. The molecule has 0 amide bonds. The van der Waals surface area contributed by atoms with E-state index in [0.29, 0.717) is 18.5 Å². The number of rotatable bonds is 4. The van der Waals surface area contributed by atoms with E-state index < -0.39 is 0 Å². The van der Waals surface area contributed by atoms with Crippen molar-refractivity contribution in [2.24, 2.45) is 0 Å². The largest absolute Gasteiger partial charge is 0.496 e. The van der Waals surface area contributed by atoms with Gasteiger partial charge >= 0.3 is 0 Å². The first-order valence-corrected chi connectivity index (χ1v) is 7.04. The number of benzene rings is 1. The van der Waals surface area contributed by atoms with Crippen LogP contribution in [-0.2, 0) is 0 Å². The van der Waals surface area contributed by atoms with Gasteiger partial charge in [-0.05, 0) is 44.0 Å². The minimum Gasteiger partial charge on any atom is -0.496 e. The lowest BCUT2D eigenvalue weighted by molar-refractivity contribution is 0.195. The number of aromatic nitrogens is 1. The number of nitrogens with zero attached hydrogens (tertiary/aromatic N) is 2. The molecule has 4 heteroatoms. The number of likely N-dealkylation sites (tertiary alicyclic amines) is 1. The topological polar surface area (TPSA) is 34.6 Å². The highest BCUT2D eigenvalue weighted by atomic mass is 16.5. The van der Waals surface area contributed by atoms with Crippen LogP contribution in [0, 0.1) is 0 Å². The second-order valence-electron chi connectivity index (χ2n) is 5.26. The minimum atomic E-state index is 0.488. The Labute approximate surface area is 119 Å². The van der Waals surface area contributed by atoms with Crippen molar-refractivity contribution >= 4 is 10.8 Å². The molecule has 1 atom stereocenters. The fourth-order valence-electron chi connectivity index (χ4n) is 2.81. The quantitative estimate of drug-likeness (QED) is 0.857. The van der Waals surface area contributed by atoms with E-state index in [-0.39, 0.29) is 0 Å². The zero-order valence-electron chi connectivity index (χ0n) is 12.0. The molecule has 2 heterocycles. The van der Waals surface area contributed by atoms with Gasteiger partial charge < -0.3 is 14.4 Å². The van der Waals surface area contributed by atoms with E-state index in [1.165, 1.54) is 12.8 Å². The van der Waals surface area contributed by atoms with Gasteiger partial charge in [-0.25, -0.2) is 4.98 Å². The fourth-order valence-corrected chi connectivity index (χ4v) is 2.81. The molecule has 0 N–H and O–H groups in total. The van der Waals surface area contributed by atoms with Gasteiger partial charge in [0.2, 0.25) is 5.88 Å². The maximum atomic E-state index is 5.98. The van der Waals surface area contributed by atoms with Gasteiger partial charge in [-0.3, -0.25) is 0 Å². The summed E-state index contributed by atoms with van der Waals surface area (Å²) in [7, 11) is 3.83. The van der Waals surface area contributed by atoms with Crippen LogP contribution in [0.3, 0.4) is 0 Å². The van der Waals surface area contributed by atoms with Crippen LogP contribution in [0.5, 0.6) is 11.6 Å². The third kappa shape index (κ3) is 2.43. The van der Waals surface area contributed by atoms with Gasteiger partial charge in [0.15, 0.2) is 0 Å². The molecule has 1 aromatic heterocycles. The predicted octanol–water partition coefficient (Wildman–Crippen LogP) is 2.72. The molecular weight excluding hydrogens is 252 g/mol. The summed E-state index contributed by atoms with van der Waals surface area (Å²) < 4.78 is 11.4. The zero-order chi connectivity index (χ0) is 13.9. The summed E-state index contributed by atoms with van der Waals surface area (Å²) in [6, 6.07) is 8.44. The van der Waals surface area contributed by atoms with Gasteiger partial charge in [0.1, 0.15) is 12.4 Å². The third-order valence-corrected chi connectivity index (χ3v) is 4.02. The highest BCUT2D eigenvalue weighted by Crippen LogP contribution is 2.32. The zero-order valence-corrected chi connectivity index (χ0v) is 12.0. The number of methoxy groups -OCH3 is 1. The lowest BCUT2D eigenvalue weighted by Crippen LogP contribution is -2.30. The molecule has 1 aliphatic rings. The predicted molar refractivity (Wildman–Crippen MR) is 79.4 cm³/mol. The normalized spacial score (nSPS) is 19.4. The molecule has 4 nitrogen and oxygen atoms in total. The van der Waals surface area contributed by atoms with Gasteiger partial charge in [0.05, 0.1) is 12.5 Å². The second kappa shape index (κ2) is 5.67. The van der Waals surface area contributed by atoms with E-state index in [1.807, 2.05) is 24.3 Å². The fraction of sp³-hybridized carbons (Fsp3) is 0.438. The van der Waals surface area contributed by atoms with Gasteiger partial charge in [-0.1, -0.05) is 12.1 Å². The maximum absolute atomic E-state index is 5.98. The number of ether oxygens (including phenoxy) is 2. The third-order valence-electron chi connectivity index (χ3n) is 4.02. The molecule has 1 saturated heterocycles. The summed E-state index contributed by atoms with van der Waals surface area (Å²) in [6.07, 6.45) is 4.23. The Balaban J connectivity index is 1.87. The summed E-state index contributed by atoms with van der Waals surface area (Å²) in [6.45, 7) is 1.83. The lowest BCUT2D eigenvalue weighted by Gasteiger charge is -2.20. The molecule has 1 aliphatic heterocycles. The van der Waals surface area contributed by atoms with E-state index in [0.717, 1.165) is 23.1 Å². The van der Waals surface area contributed by atoms with Crippen LogP contribution in [0.1, 0.15) is 12.8 Å². The number of fused-ring (bicyclic) bond motifs is 1. The van der Waals surface area contributed by atoms with E-state index in [4.69, 9.17) is 9.47 Å². The van der Waals surface area contributed by atoms with Crippen LogP contribution in [-0.4, -0.2) is 43.2 Å². The first kappa shape index (κ1) is 13.2. The number of hydrogen-bond donors (Lipinski definition) is 0. The Bertz CT molecular complexity index is 595. The van der Waals surface area contributed by atoms with Gasteiger partial charge in [-0.15, -0.1) is 0 Å². The second-order valence-corrected chi connectivity index (χ2v) is 5.26. The summed E-state index contributed by atoms with van der Waals surface area (Å²) in [5.74, 6) is 1.48. The summed E-state index contributed by atoms with van der Waals surface area (Å²) in [5, 5.41) is 2.05. The summed E-state index contributed by atoms with van der Waals surface area (Å²) in [4.78, 5) is 6.73. The van der Waals surface area contributed by atoms with Crippen molar-refractivity contribution in [1.29, 1.82) is 0 Å². The molecule has 3 rings (SSSR count). The van der Waals surface area contributed by atoms with E-state index in [1.54, 1.807) is 13.3 Å². The molecule has 0 aliphatic carbocycles. The van der Waals surface area contributed by atoms with Crippen molar-refractivity contribution in [3.05, 3.63) is 30.5 Å². The molecule has 2 aromatic rings. The van der Waals surface area contributed by atoms with Crippen LogP contribution in [0.2, 0.25) is 0 Å². The van der Waals surface area contributed by atoms with Crippen LogP contribution < -0.4 is 9.47 Å². The smallest absolute Gasteiger partial charge is 0.225 e. The molecular formula is C16H20N2O2. The number of likely N-dealkylation sites (N-methyl/N-ethyl adjacent to an activating group) is 1. The van der Waals surface area contributed by atoms with Crippen molar-refractivity contribution < 1.29 is 9.47 Å². The highest BCUT2D eigenvalue weighted by Gasteiger charge is 2.22. The highest BCUT2D eigenvalue weighted by molar-refractivity contribution is 5.92. The van der Waals surface area contributed by atoms with E-state index in [2.05, 4.69) is 16.9 Å². The number of pyridine rings is 1. The Hall–Kier alpha value is -1.81. The summed E-state index contributed by atoms with van der Waals surface area (Å²) >= 11 is 0. The Morgan fingerprint density at radius 1 is 1.35 bits per heavy atom. The van der Waals surface area contributed by atoms with Gasteiger partial charge in [0, 0.05) is 12.2 Å². The first-order chi connectivity index (χ1) is 9.79. The van der Waals surface area contributed by atoms with Crippen LogP contribution in [0.4, 0.5) is 0 Å². The van der Waals surface area contributed by atoms with E-state index in [9.17, 15) is 0 Å². The van der Waals surface area contributed by atoms with Crippen LogP contribution in [0.25, 0.3) is 10.8 Å². The SMILES string of the molecule is COc1cccc2ccnc(OCC3CCCN3C)c12. The molecule has 0 saturated carbocycles. The van der Waals surface area contributed by atoms with Crippen molar-refractivity contribution in [3.63, 3.8) is 0 Å². The maximum Gasteiger partial charge on any atom is 0.225 e. The standard InChI is InChI=1S/C16H20N2O2/c1-18-10-4-6-13(18)11-20-16-15-12(8-9-17-16)5-3-7-14(15)19-2/h3,5,7-9,13H,4,6,10-11H2,1-2H3.